The average Bonchev–Trinajstić information content (AvgIpc) is 3.25. The first-order valence-corrected chi connectivity index (χ1v) is 9.54. The van der Waals surface area contributed by atoms with Gasteiger partial charge in [0.15, 0.2) is 0 Å². The van der Waals surface area contributed by atoms with Crippen molar-refractivity contribution in [2.24, 2.45) is 0 Å². The quantitative estimate of drug-likeness (QED) is 0.740. The Morgan fingerprint density at radius 3 is 2.75 bits per heavy atom. The van der Waals surface area contributed by atoms with Gasteiger partial charge in [-0.15, -0.1) is 0 Å². The van der Waals surface area contributed by atoms with Crippen LogP contribution in [0.3, 0.4) is 0 Å². The van der Waals surface area contributed by atoms with Crippen LogP contribution in [-0.2, 0) is 6.54 Å². The van der Waals surface area contributed by atoms with Crippen LogP contribution >= 0.6 is 0 Å². The highest BCUT2D eigenvalue weighted by Crippen LogP contribution is 2.16. The first-order valence-electron chi connectivity index (χ1n) is 9.54. The van der Waals surface area contributed by atoms with Gasteiger partial charge >= 0.3 is 0 Å². The zero-order chi connectivity index (χ0) is 19.3. The minimum atomic E-state index is -0.174. The Balaban J connectivity index is 1.35. The zero-order valence-corrected chi connectivity index (χ0v) is 15.6. The number of amides is 1. The van der Waals surface area contributed by atoms with Crippen molar-refractivity contribution < 1.29 is 9.18 Å². The second kappa shape index (κ2) is 8.35. The molecule has 0 aliphatic carbocycles. The molecule has 0 spiro atoms. The summed E-state index contributed by atoms with van der Waals surface area (Å²) in [6, 6.07) is 14.4. The molecule has 0 saturated carbocycles. The van der Waals surface area contributed by atoms with Gasteiger partial charge < -0.3 is 9.88 Å². The number of aromatic nitrogens is 2. The SMILES string of the molecule is O=C(N[C@H]1CCCN(Cc2ccccc2F)C1)c1ccc(-n2ccnc2)cc1. The van der Waals surface area contributed by atoms with Crippen molar-refractivity contribution in [2.45, 2.75) is 25.4 Å². The molecule has 2 heterocycles. The van der Waals surface area contributed by atoms with Crippen molar-refractivity contribution in [3.05, 3.63) is 84.2 Å². The van der Waals surface area contributed by atoms with Crippen LogP contribution in [0.5, 0.6) is 0 Å². The van der Waals surface area contributed by atoms with Crippen molar-refractivity contribution in [1.29, 1.82) is 0 Å². The van der Waals surface area contributed by atoms with Crippen molar-refractivity contribution in [3.8, 4) is 5.69 Å². The van der Waals surface area contributed by atoms with Gasteiger partial charge in [0.2, 0.25) is 0 Å². The number of imidazole rings is 1. The fourth-order valence-electron chi connectivity index (χ4n) is 3.65. The molecule has 3 aromatic rings. The van der Waals surface area contributed by atoms with Gasteiger partial charge in [0.05, 0.1) is 6.33 Å². The fourth-order valence-corrected chi connectivity index (χ4v) is 3.65. The zero-order valence-electron chi connectivity index (χ0n) is 15.6. The van der Waals surface area contributed by atoms with Crippen LogP contribution in [0.1, 0.15) is 28.8 Å². The molecule has 0 radical (unpaired) electrons. The monoisotopic (exact) mass is 378 g/mol. The van der Waals surface area contributed by atoms with Gasteiger partial charge in [-0.3, -0.25) is 9.69 Å². The Bertz CT molecular complexity index is 924. The van der Waals surface area contributed by atoms with E-state index in [0.29, 0.717) is 17.7 Å². The molecule has 1 aromatic heterocycles. The lowest BCUT2D eigenvalue weighted by atomic mass is 10.0. The van der Waals surface area contributed by atoms with E-state index in [1.165, 1.54) is 6.07 Å². The molecule has 1 aliphatic heterocycles. The Morgan fingerprint density at radius 1 is 1.18 bits per heavy atom. The van der Waals surface area contributed by atoms with Crippen LogP contribution in [0.15, 0.2) is 67.3 Å². The maximum atomic E-state index is 13.9. The van der Waals surface area contributed by atoms with E-state index in [9.17, 15) is 9.18 Å². The number of carbonyl (C=O) groups excluding carboxylic acids is 1. The van der Waals surface area contributed by atoms with Gasteiger partial charge in [-0.25, -0.2) is 9.37 Å². The van der Waals surface area contributed by atoms with Crippen LogP contribution in [-0.4, -0.2) is 39.5 Å². The summed E-state index contributed by atoms with van der Waals surface area (Å²) in [5.74, 6) is -0.249. The standard InChI is InChI=1S/C22H23FN4O/c23-21-6-2-1-4-18(21)14-26-12-3-5-19(15-26)25-22(28)17-7-9-20(10-8-17)27-13-11-24-16-27/h1-2,4,6-11,13,16,19H,3,5,12,14-15H2,(H,25,28)/t19-/m0/s1. The summed E-state index contributed by atoms with van der Waals surface area (Å²) in [6.45, 7) is 2.21. The maximum Gasteiger partial charge on any atom is 0.251 e. The fraction of sp³-hybridized carbons (Fsp3) is 0.273. The highest BCUT2D eigenvalue weighted by molar-refractivity contribution is 5.94. The summed E-state index contributed by atoms with van der Waals surface area (Å²) in [5.41, 5.74) is 2.29. The third kappa shape index (κ3) is 4.28. The van der Waals surface area contributed by atoms with E-state index in [1.54, 1.807) is 18.6 Å². The third-order valence-electron chi connectivity index (χ3n) is 5.12. The van der Waals surface area contributed by atoms with Gasteiger partial charge in [-0.2, -0.15) is 0 Å². The molecule has 5 nitrogen and oxygen atoms in total. The third-order valence-corrected chi connectivity index (χ3v) is 5.12. The molecule has 1 saturated heterocycles. The lowest BCUT2D eigenvalue weighted by Gasteiger charge is -2.33. The average molecular weight is 378 g/mol. The molecule has 4 rings (SSSR count). The summed E-state index contributed by atoms with van der Waals surface area (Å²) in [6.07, 6.45) is 7.23. The summed E-state index contributed by atoms with van der Waals surface area (Å²) in [4.78, 5) is 18.9. The number of nitrogens with one attached hydrogen (secondary N) is 1. The molecule has 0 unspecified atom stereocenters. The van der Waals surface area contributed by atoms with E-state index in [4.69, 9.17) is 0 Å². The van der Waals surface area contributed by atoms with Crippen LogP contribution in [0.4, 0.5) is 4.39 Å². The van der Waals surface area contributed by atoms with E-state index in [-0.39, 0.29) is 17.8 Å². The first-order chi connectivity index (χ1) is 13.7. The van der Waals surface area contributed by atoms with Crippen molar-refractivity contribution in [3.63, 3.8) is 0 Å². The van der Waals surface area contributed by atoms with E-state index in [1.807, 2.05) is 47.2 Å². The topological polar surface area (TPSA) is 50.2 Å². The van der Waals surface area contributed by atoms with Crippen molar-refractivity contribution >= 4 is 5.91 Å². The number of benzene rings is 2. The highest BCUT2D eigenvalue weighted by atomic mass is 19.1. The van der Waals surface area contributed by atoms with Crippen LogP contribution < -0.4 is 5.32 Å². The van der Waals surface area contributed by atoms with E-state index in [0.717, 1.165) is 31.6 Å². The number of piperidine rings is 1. The Hall–Kier alpha value is -2.99. The van der Waals surface area contributed by atoms with Crippen LogP contribution in [0, 0.1) is 5.82 Å². The van der Waals surface area contributed by atoms with Crippen LogP contribution in [0.25, 0.3) is 5.69 Å². The number of carbonyl (C=O) groups is 1. The number of hydrogen-bond acceptors (Lipinski definition) is 3. The summed E-state index contributed by atoms with van der Waals surface area (Å²) in [7, 11) is 0. The highest BCUT2D eigenvalue weighted by Gasteiger charge is 2.22. The molecule has 1 atom stereocenters. The number of nitrogens with zero attached hydrogens (tertiary/aromatic N) is 3. The summed E-state index contributed by atoms with van der Waals surface area (Å²) < 4.78 is 15.8. The predicted molar refractivity (Wildman–Crippen MR) is 106 cm³/mol. The Labute approximate surface area is 163 Å². The lowest BCUT2D eigenvalue weighted by molar-refractivity contribution is 0.0900. The van der Waals surface area contributed by atoms with Gasteiger partial charge in [0, 0.05) is 48.3 Å². The van der Waals surface area contributed by atoms with Crippen LogP contribution in [0.2, 0.25) is 0 Å². The first kappa shape index (κ1) is 18.4. The molecule has 1 N–H and O–H groups in total. The van der Waals surface area contributed by atoms with Gasteiger partial charge in [-0.1, -0.05) is 18.2 Å². The predicted octanol–water partition coefficient (Wildman–Crippen LogP) is 3.41. The number of hydrogen-bond donors (Lipinski definition) is 1. The van der Waals surface area contributed by atoms with E-state index < -0.39 is 0 Å². The minimum Gasteiger partial charge on any atom is -0.348 e. The minimum absolute atomic E-state index is 0.0707. The number of halogens is 1. The van der Waals surface area contributed by atoms with Gasteiger partial charge in [0.25, 0.3) is 5.91 Å². The van der Waals surface area contributed by atoms with Crippen molar-refractivity contribution in [2.75, 3.05) is 13.1 Å². The number of likely N-dealkylation sites (tertiary alicyclic amines) is 1. The molecule has 2 aromatic carbocycles. The van der Waals surface area contributed by atoms with Gasteiger partial charge in [-0.05, 0) is 49.7 Å². The molecule has 1 amide bonds. The lowest BCUT2D eigenvalue weighted by Crippen LogP contribution is -2.47. The molecule has 28 heavy (non-hydrogen) atoms. The van der Waals surface area contributed by atoms with Gasteiger partial charge in [0.1, 0.15) is 5.82 Å². The summed E-state index contributed by atoms with van der Waals surface area (Å²) >= 11 is 0. The second-order valence-corrected chi connectivity index (χ2v) is 7.16. The maximum absolute atomic E-state index is 13.9. The second-order valence-electron chi connectivity index (χ2n) is 7.16. The normalized spacial score (nSPS) is 17.4. The molecule has 144 valence electrons. The smallest absolute Gasteiger partial charge is 0.251 e. The van der Waals surface area contributed by atoms with E-state index >= 15 is 0 Å². The molecule has 6 heteroatoms. The molecular formula is C22H23FN4O. The molecule has 1 aliphatic rings. The largest absolute Gasteiger partial charge is 0.348 e. The van der Waals surface area contributed by atoms with Crippen molar-refractivity contribution in [1.82, 2.24) is 19.8 Å². The van der Waals surface area contributed by atoms with E-state index in [2.05, 4.69) is 15.2 Å². The Morgan fingerprint density at radius 2 is 2.00 bits per heavy atom. The Kier molecular flexibility index (Phi) is 5.48. The molecule has 0 bridgehead atoms. The molecule has 1 fully saturated rings. The summed E-state index contributed by atoms with van der Waals surface area (Å²) in [5, 5.41) is 3.13. The number of rotatable bonds is 5. The molecular weight excluding hydrogens is 355 g/mol.